The lowest BCUT2D eigenvalue weighted by Gasteiger charge is -2.27. The van der Waals surface area contributed by atoms with Crippen molar-refractivity contribution in [1.29, 1.82) is 0 Å². The molecule has 4 aromatic rings. The smallest absolute Gasteiger partial charge is 0.253 e. The van der Waals surface area contributed by atoms with E-state index in [1.807, 2.05) is 13.8 Å². The third-order valence-electron chi connectivity index (χ3n) is 5.91. The maximum absolute atomic E-state index is 13.9. The number of nitrogens with one attached hydrogen (secondary N) is 1. The molecule has 0 aliphatic carbocycles. The van der Waals surface area contributed by atoms with Gasteiger partial charge in [0.25, 0.3) is 5.91 Å². The number of carbonyl (C=O) groups is 1. The van der Waals surface area contributed by atoms with Crippen molar-refractivity contribution in [2.24, 2.45) is 0 Å². The molecular formula is C25H20Cl3FN4O2. The summed E-state index contributed by atoms with van der Waals surface area (Å²) >= 11 is 19.0. The van der Waals surface area contributed by atoms with Gasteiger partial charge in [-0.3, -0.25) is 4.79 Å². The molecule has 0 radical (unpaired) electrons. The van der Waals surface area contributed by atoms with E-state index in [1.54, 1.807) is 24.3 Å². The summed E-state index contributed by atoms with van der Waals surface area (Å²) in [6, 6.07) is 8.96. The highest BCUT2D eigenvalue weighted by molar-refractivity contribution is 6.35. The van der Waals surface area contributed by atoms with Crippen LogP contribution in [0.15, 0.2) is 42.6 Å². The topological polar surface area (TPSA) is 68.5 Å². The van der Waals surface area contributed by atoms with Gasteiger partial charge in [0.15, 0.2) is 10.8 Å². The lowest BCUT2D eigenvalue weighted by Crippen LogP contribution is -2.33. The number of hydrogen-bond donors (Lipinski definition) is 1. The van der Waals surface area contributed by atoms with Crippen LogP contribution in [0.3, 0.4) is 0 Å². The van der Waals surface area contributed by atoms with Gasteiger partial charge in [0.05, 0.1) is 24.4 Å². The molecule has 0 bridgehead atoms. The maximum Gasteiger partial charge on any atom is 0.253 e. The van der Waals surface area contributed by atoms with E-state index in [0.717, 1.165) is 0 Å². The Morgan fingerprint density at radius 1 is 1.17 bits per heavy atom. The van der Waals surface area contributed by atoms with Crippen LogP contribution in [-0.4, -0.2) is 27.1 Å². The van der Waals surface area contributed by atoms with Gasteiger partial charge in [-0.15, -0.1) is 0 Å². The predicted molar refractivity (Wildman–Crippen MR) is 134 cm³/mol. The number of fused-ring (bicyclic) bond motifs is 2. The third kappa shape index (κ3) is 4.44. The first-order chi connectivity index (χ1) is 16.7. The fourth-order valence-electron chi connectivity index (χ4n) is 4.35. The summed E-state index contributed by atoms with van der Waals surface area (Å²) in [6.07, 6.45) is 2.00. The van der Waals surface area contributed by atoms with Gasteiger partial charge in [0.1, 0.15) is 17.3 Å². The van der Waals surface area contributed by atoms with E-state index in [9.17, 15) is 9.18 Å². The van der Waals surface area contributed by atoms with Gasteiger partial charge < -0.3 is 10.1 Å². The maximum atomic E-state index is 13.9. The summed E-state index contributed by atoms with van der Waals surface area (Å²) in [5.74, 6) is -0.238. The Hall–Kier alpha value is -2.87. The molecule has 35 heavy (non-hydrogen) atoms. The van der Waals surface area contributed by atoms with Crippen LogP contribution in [0.5, 0.6) is 5.75 Å². The standard InChI is InChI=1S/C25H20Cl3FN4O2/c1-12(2)21-18(25(34)31-19-5-6-35-20-4-3-16(29)10-17(19)20)11-30-33-23(28)22(32-24(21)33)13-7-14(26)9-15(27)8-13/h3-4,7-12,19H,5-6H2,1-2H3,(H,31,34)/t19-/m0/s1. The molecule has 0 unspecified atom stereocenters. The van der Waals surface area contributed by atoms with E-state index < -0.39 is 6.04 Å². The van der Waals surface area contributed by atoms with Gasteiger partial charge in [-0.1, -0.05) is 48.7 Å². The second-order valence-corrected chi connectivity index (χ2v) is 9.85. The minimum absolute atomic E-state index is 0.0741. The average Bonchev–Trinajstić information content (AvgIpc) is 3.14. The molecule has 5 rings (SSSR count). The Morgan fingerprint density at radius 3 is 2.63 bits per heavy atom. The second kappa shape index (κ2) is 9.30. The molecule has 10 heteroatoms. The summed E-state index contributed by atoms with van der Waals surface area (Å²) < 4.78 is 21.0. The zero-order valence-corrected chi connectivity index (χ0v) is 21.0. The van der Waals surface area contributed by atoms with Crippen LogP contribution in [0.1, 0.15) is 53.7 Å². The average molecular weight is 534 g/mol. The fourth-order valence-corrected chi connectivity index (χ4v) is 5.15. The zero-order chi connectivity index (χ0) is 24.9. The normalized spacial score (nSPS) is 15.2. The largest absolute Gasteiger partial charge is 0.493 e. The number of benzene rings is 2. The number of imidazole rings is 1. The number of hydrogen-bond acceptors (Lipinski definition) is 4. The summed E-state index contributed by atoms with van der Waals surface area (Å²) in [5, 5.41) is 8.59. The highest BCUT2D eigenvalue weighted by Crippen LogP contribution is 2.36. The minimum atomic E-state index is -0.398. The van der Waals surface area contributed by atoms with Crippen LogP contribution in [0.4, 0.5) is 4.39 Å². The van der Waals surface area contributed by atoms with Crippen LogP contribution < -0.4 is 10.1 Å². The SMILES string of the molecule is CC(C)c1c(C(=O)N[C@H]2CCOc3ccc(F)cc32)cnn2c(Cl)c(-c3cc(Cl)cc(Cl)c3)nc12. The molecule has 2 aromatic carbocycles. The third-order valence-corrected chi connectivity index (χ3v) is 6.68. The van der Waals surface area contributed by atoms with Gasteiger partial charge in [-0.2, -0.15) is 5.10 Å². The lowest BCUT2D eigenvalue weighted by molar-refractivity contribution is 0.0922. The van der Waals surface area contributed by atoms with E-state index in [2.05, 4.69) is 10.4 Å². The molecule has 1 N–H and O–H groups in total. The van der Waals surface area contributed by atoms with Crippen LogP contribution in [0, 0.1) is 5.82 Å². The monoisotopic (exact) mass is 532 g/mol. The van der Waals surface area contributed by atoms with E-state index in [1.165, 1.54) is 22.8 Å². The van der Waals surface area contributed by atoms with Crippen molar-refractivity contribution >= 4 is 46.4 Å². The van der Waals surface area contributed by atoms with Crippen molar-refractivity contribution < 1.29 is 13.9 Å². The van der Waals surface area contributed by atoms with Gasteiger partial charge in [-0.05, 0) is 42.3 Å². The minimum Gasteiger partial charge on any atom is -0.493 e. The number of nitrogens with zero attached hydrogens (tertiary/aromatic N) is 3. The first-order valence-electron chi connectivity index (χ1n) is 11.0. The van der Waals surface area contributed by atoms with Crippen molar-refractivity contribution in [3.05, 3.63) is 80.3 Å². The van der Waals surface area contributed by atoms with E-state index in [-0.39, 0.29) is 22.8 Å². The highest BCUT2D eigenvalue weighted by Gasteiger charge is 2.28. The number of rotatable bonds is 4. The van der Waals surface area contributed by atoms with Crippen molar-refractivity contribution in [2.75, 3.05) is 6.61 Å². The Balaban J connectivity index is 1.57. The molecule has 3 heterocycles. The van der Waals surface area contributed by atoms with Gasteiger partial charge >= 0.3 is 0 Å². The van der Waals surface area contributed by atoms with E-state index >= 15 is 0 Å². The van der Waals surface area contributed by atoms with Gasteiger partial charge in [0.2, 0.25) is 0 Å². The van der Waals surface area contributed by atoms with Crippen LogP contribution in [-0.2, 0) is 0 Å². The number of aromatic nitrogens is 3. The molecule has 1 amide bonds. The molecule has 0 fully saturated rings. The molecule has 6 nitrogen and oxygen atoms in total. The highest BCUT2D eigenvalue weighted by atomic mass is 35.5. The van der Waals surface area contributed by atoms with E-state index in [4.69, 9.17) is 44.5 Å². The lowest BCUT2D eigenvalue weighted by atomic mass is 9.97. The van der Waals surface area contributed by atoms with Gasteiger partial charge in [0, 0.05) is 33.2 Å². The Morgan fingerprint density at radius 2 is 1.91 bits per heavy atom. The fraction of sp³-hybridized carbons (Fsp3) is 0.240. The molecule has 0 saturated carbocycles. The van der Waals surface area contributed by atoms with Crippen molar-refractivity contribution in [3.63, 3.8) is 0 Å². The van der Waals surface area contributed by atoms with Crippen LogP contribution in [0.2, 0.25) is 15.2 Å². The molecule has 1 atom stereocenters. The summed E-state index contributed by atoms with van der Waals surface area (Å²) in [7, 11) is 0. The summed E-state index contributed by atoms with van der Waals surface area (Å²) in [5.41, 5.74) is 3.21. The molecule has 0 saturated heterocycles. The first kappa shape index (κ1) is 23.9. The van der Waals surface area contributed by atoms with Crippen LogP contribution >= 0.6 is 34.8 Å². The Kier molecular flexibility index (Phi) is 6.34. The van der Waals surface area contributed by atoms with Gasteiger partial charge in [-0.25, -0.2) is 13.9 Å². The van der Waals surface area contributed by atoms with Crippen molar-refractivity contribution in [3.8, 4) is 17.0 Å². The molecule has 1 aliphatic rings. The number of carbonyl (C=O) groups excluding carboxylic acids is 1. The van der Waals surface area contributed by atoms with Crippen molar-refractivity contribution in [1.82, 2.24) is 19.9 Å². The predicted octanol–water partition coefficient (Wildman–Crippen LogP) is 6.87. The van der Waals surface area contributed by atoms with E-state index in [0.29, 0.717) is 62.4 Å². The molecular weight excluding hydrogens is 514 g/mol. The number of ether oxygens (including phenoxy) is 1. The Labute approximate surface area is 216 Å². The molecule has 0 spiro atoms. The summed E-state index contributed by atoms with van der Waals surface area (Å²) in [4.78, 5) is 18.2. The second-order valence-electron chi connectivity index (χ2n) is 8.62. The summed E-state index contributed by atoms with van der Waals surface area (Å²) in [6.45, 7) is 4.34. The Bertz CT molecular complexity index is 1450. The number of halogens is 4. The van der Waals surface area contributed by atoms with Crippen molar-refractivity contribution in [2.45, 2.75) is 32.2 Å². The molecule has 1 aliphatic heterocycles. The number of amides is 1. The molecule has 180 valence electrons. The molecule has 2 aromatic heterocycles. The zero-order valence-electron chi connectivity index (χ0n) is 18.8. The first-order valence-corrected chi connectivity index (χ1v) is 12.1. The quantitative estimate of drug-likeness (QED) is 0.311. The van der Waals surface area contributed by atoms with Crippen LogP contribution in [0.25, 0.3) is 16.9 Å².